The molecule has 10 aromatic heterocycles. The molecule has 0 unspecified atom stereocenters. The highest BCUT2D eigenvalue weighted by Gasteiger charge is 2.23. The van der Waals surface area contributed by atoms with Gasteiger partial charge in [0, 0.05) is 139 Å². The van der Waals surface area contributed by atoms with Crippen molar-refractivity contribution in [2.75, 3.05) is 26.2 Å². The minimum Gasteiger partial charge on any atom is -0.648 e. The molecule has 3 amide bonds. The van der Waals surface area contributed by atoms with Crippen LogP contribution in [-0.2, 0) is 68.8 Å². The van der Waals surface area contributed by atoms with E-state index in [0.29, 0.717) is 44.1 Å². The molecule has 0 aliphatic heterocycles. The van der Waals surface area contributed by atoms with Crippen LogP contribution in [0.2, 0.25) is 0 Å². The zero-order valence-electron chi connectivity index (χ0n) is 53.0. The van der Waals surface area contributed by atoms with Crippen LogP contribution >= 0.6 is 0 Å². The quantitative estimate of drug-likeness (QED) is 0.0342. The van der Waals surface area contributed by atoms with Crippen molar-refractivity contribution < 1.29 is 81.2 Å². The van der Waals surface area contributed by atoms with E-state index in [2.05, 4.69) is 40.9 Å². The Morgan fingerprint density at radius 3 is 1.02 bits per heavy atom. The second kappa shape index (κ2) is 31.9. The van der Waals surface area contributed by atoms with Gasteiger partial charge in [-0.05, 0) is 44.5 Å². The van der Waals surface area contributed by atoms with E-state index in [-0.39, 0.29) is 43.1 Å². The molecule has 0 saturated heterocycles. The topological polar surface area (TPSA) is 252 Å². The highest BCUT2D eigenvalue weighted by atomic mass is 16.3. The summed E-state index contributed by atoms with van der Waals surface area (Å²) in [4.78, 5) is 59.7. The number of aromatic nitrogens is 10. The van der Waals surface area contributed by atoms with Gasteiger partial charge in [-0.2, -0.15) is 4.57 Å². The molecular formula is C72H78N16O6+8. The molecule has 10 rings (SSSR count). The van der Waals surface area contributed by atoms with Gasteiger partial charge < -0.3 is 45.7 Å². The third-order valence-corrected chi connectivity index (χ3v) is 15.7. The molecule has 0 aliphatic rings. The molecule has 0 radical (unpaired) electrons. The number of carbonyl (C=O) groups excluding carboxylic acids is 3. The average molecular weight is 1260 g/mol. The number of hydrogen-bond donors (Lipinski definition) is 4. The van der Waals surface area contributed by atoms with Crippen molar-refractivity contribution in [2.45, 2.75) is 51.1 Å². The van der Waals surface area contributed by atoms with Crippen molar-refractivity contribution in [1.29, 1.82) is 0 Å². The lowest BCUT2D eigenvalue weighted by Gasteiger charge is -2.25. The minimum atomic E-state index is -1.40. The predicted octanol–water partition coefficient (Wildman–Crippen LogP) is 2.76. The molecule has 22 nitrogen and oxygen atoms in total. The lowest BCUT2D eigenvalue weighted by Crippen LogP contribution is -2.75. The van der Waals surface area contributed by atoms with Crippen molar-refractivity contribution in [1.82, 2.24) is 0 Å². The number of rotatable bonds is 27. The van der Waals surface area contributed by atoms with Gasteiger partial charge in [0.05, 0.1) is 24.1 Å². The van der Waals surface area contributed by atoms with Crippen LogP contribution in [0.4, 0.5) is 0 Å². The second-order valence-electron chi connectivity index (χ2n) is 22.7. The molecule has 0 fully saturated rings. The summed E-state index contributed by atoms with van der Waals surface area (Å²) >= 11 is 0. The highest BCUT2D eigenvalue weighted by molar-refractivity contribution is 6.03. The van der Waals surface area contributed by atoms with Crippen LogP contribution in [-0.4, -0.2) is 89.0 Å². The Morgan fingerprint density at radius 2 is 0.691 bits per heavy atom. The first-order valence-electron chi connectivity index (χ1n) is 30.9. The summed E-state index contributed by atoms with van der Waals surface area (Å²) in [6.45, 7) is 2.29. The molecule has 10 aromatic rings. The third-order valence-electron chi connectivity index (χ3n) is 15.7. The van der Waals surface area contributed by atoms with Gasteiger partial charge in [0.25, 0.3) is 11.4 Å². The minimum absolute atomic E-state index is 0.0798. The fourth-order valence-electron chi connectivity index (χ4n) is 10.2. The van der Waals surface area contributed by atoms with E-state index in [4.69, 9.17) is 0 Å². The summed E-state index contributed by atoms with van der Waals surface area (Å²) in [5.41, 5.74) is 9.72. The molecule has 10 heterocycles. The molecular weight excluding hydrogens is 1180 g/mol. The Labute approximate surface area is 545 Å². The molecule has 0 spiro atoms. The molecule has 6 N–H and O–H groups in total. The summed E-state index contributed by atoms with van der Waals surface area (Å²) < 4.78 is 15.6. The number of nitrogens with zero attached hydrogens (tertiary/aromatic N) is 13. The third kappa shape index (κ3) is 18.7. The number of aryl methyl sites for hydroxylation is 4. The van der Waals surface area contributed by atoms with E-state index in [1.165, 1.54) is 0 Å². The first-order chi connectivity index (χ1) is 45.6. The second-order valence-corrected chi connectivity index (χ2v) is 22.7. The van der Waals surface area contributed by atoms with E-state index in [0.717, 1.165) is 44.5 Å². The molecule has 2 atom stereocenters. The Morgan fingerprint density at radius 1 is 0.404 bits per heavy atom. The number of aliphatic hydroxyl groups is 3. The van der Waals surface area contributed by atoms with Gasteiger partial charge >= 0.3 is 5.90 Å². The monoisotopic (exact) mass is 1260 g/mol. The van der Waals surface area contributed by atoms with E-state index < -0.39 is 48.0 Å². The molecule has 474 valence electrons. The SMILES string of the molecule is C[n+]1ccc(-c2cc[n+](CC[N-]C(=O)C[C@H](N=C(O)c3cc[nH+]c(-c4cc(C(O)=N[C@@H](CC(O)=[NH+]CC[n+]5ccc(-c6cc[n+](C)cc6)cc5)C(=O)[N-]CC[n+]5ccc(-c6cc[n+](C)cc6)cc5)cc[nH+]4)c3)C(=O)[N-]CC[n+]3ccc(-c4cc[n+](C)cc4)cc3)cc2)cc1. The number of hydrogen-bond acceptors (Lipinski definition) is 5. The van der Waals surface area contributed by atoms with E-state index in [1.807, 2.05) is 261 Å². The predicted molar refractivity (Wildman–Crippen MR) is 346 cm³/mol. The Kier molecular flexibility index (Phi) is 22.1. The molecule has 0 bridgehead atoms. The van der Waals surface area contributed by atoms with Crippen LogP contribution in [0.15, 0.2) is 243 Å². The van der Waals surface area contributed by atoms with Gasteiger partial charge in [0.2, 0.25) is 24.9 Å². The lowest BCUT2D eigenvalue weighted by molar-refractivity contribution is -0.718. The first kappa shape index (κ1) is 65.3. The summed E-state index contributed by atoms with van der Waals surface area (Å²) in [7, 11) is 7.86. The zero-order valence-corrected chi connectivity index (χ0v) is 53.0. The normalized spacial score (nSPS) is 12.4. The van der Waals surface area contributed by atoms with Gasteiger partial charge in [-0.1, -0.05) is 19.6 Å². The van der Waals surface area contributed by atoms with Gasteiger partial charge in [0.1, 0.15) is 59.9 Å². The van der Waals surface area contributed by atoms with Crippen molar-refractivity contribution in [3.63, 3.8) is 0 Å². The van der Waals surface area contributed by atoms with Crippen LogP contribution in [0.3, 0.4) is 0 Å². The van der Waals surface area contributed by atoms with Crippen LogP contribution in [0, 0.1) is 0 Å². The maximum absolute atomic E-state index is 14.0. The van der Waals surface area contributed by atoms with Crippen LogP contribution in [0.5, 0.6) is 0 Å². The van der Waals surface area contributed by atoms with Crippen LogP contribution < -0.4 is 51.5 Å². The zero-order chi connectivity index (χ0) is 65.8. The Balaban J connectivity index is 0.824. The first-order valence-corrected chi connectivity index (χ1v) is 30.9. The number of aromatic amines is 2. The van der Waals surface area contributed by atoms with Crippen molar-refractivity contribution in [2.24, 2.45) is 38.2 Å². The van der Waals surface area contributed by atoms with Crippen LogP contribution in [0.25, 0.3) is 71.8 Å². The Bertz CT molecular complexity index is 4290. The van der Waals surface area contributed by atoms with Crippen molar-refractivity contribution >= 4 is 35.4 Å². The average Bonchev–Trinajstić information content (AvgIpc) is 1.17. The van der Waals surface area contributed by atoms with Gasteiger partial charge in [-0.25, -0.2) is 56.9 Å². The fourth-order valence-corrected chi connectivity index (χ4v) is 10.2. The number of nitrogens with one attached hydrogen (secondary N) is 3. The number of H-pyrrole nitrogens is 2. The number of pyridine rings is 10. The van der Waals surface area contributed by atoms with Crippen molar-refractivity contribution in [3.8, 4) is 55.9 Å². The summed E-state index contributed by atoms with van der Waals surface area (Å²) in [6.07, 6.45) is 33.7. The molecule has 0 aliphatic carbocycles. The fraction of sp³-hybridized carbons (Fsp3) is 0.222. The number of aliphatic hydroxyl groups excluding tert-OH is 3. The number of aliphatic imine (C=N–C) groups is 2. The lowest BCUT2D eigenvalue weighted by atomic mass is 10.1. The van der Waals surface area contributed by atoms with Gasteiger partial charge in [-0.15, -0.1) is 0 Å². The highest BCUT2D eigenvalue weighted by Crippen LogP contribution is 2.21. The van der Waals surface area contributed by atoms with E-state index in [9.17, 15) is 29.7 Å². The molecule has 0 aromatic carbocycles. The molecule has 22 heteroatoms. The molecule has 0 saturated carbocycles. The smallest absolute Gasteiger partial charge is 0.335 e. The standard InChI is InChI=1S/C72H72N16O6/c1-81-29-7-53(8-30-81)57-15-37-85(38-16-57)45-25-75-67(89)51-65(71(93)77-27-47-87-41-19-59(20-42-87)55-11-33-83(3)34-12-55)79-69(91)61-5-23-73-63(49-61)64-50-62(6-24-74-64)70(92)80-66(72(94)78-28-48-88-43-21-60(22-44-88)56-13-35-84(4)36-14-56)52-68(90)76-26-46-86-39-17-58(18-40-86)54-9-31-82(2)32-10-54/h5-24,29-44,49-50,65-66H,25-28,45-48,51-52H2,1-4H3/q+2/p+6/t65-,66-/m0/s1. The van der Waals surface area contributed by atoms with Crippen molar-refractivity contribution in [3.05, 3.63) is 260 Å². The summed E-state index contributed by atoms with van der Waals surface area (Å²) in [6, 6.07) is 35.9. The van der Waals surface area contributed by atoms with Gasteiger partial charge in [-0.3, -0.25) is 0 Å². The largest absolute Gasteiger partial charge is 0.648 e. The van der Waals surface area contributed by atoms with E-state index in [1.54, 1.807) is 36.7 Å². The number of amides is 3. The Hall–Kier alpha value is -11.7. The maximum Gasteiger partial charge on any atom is 0.335 e. The number of carbonyl (C=O) groups is 3. The summed E-state index contributed by atoms with van der Waals surface area (Å²) in [5, 5.41) is 47.6. The van der Waals surface area contributed by atoms with Gasteiger partial charge in [0.15, 0.2) is 112 Å². The van der Waals surface area contributed by atoms with Crippen LogP contribution in [0.1, 0.15) is 24.0 Å². The van der Waals surface area contributed by atoms with E-state index >= 15 is 0 Å². The summed E-state index contributed by atoms with van der Waals surface area (Å²) in [5.74, 6) is -3.16. The maximum atomic E-state index is 14.0. The molecule has 94 heavy (non-hydrogen) atoms.